The van der Waals surface area contributed by atoms with Gasteiger partial charge in [-0.3, -0.25) is 0 Å². The van der Waals surface area contributed by atoms with E-state index < -0.39 is 0 Å². The van der Waals surface area contributed by atoms with Crippen LogP contribution >= 0.6 is 23.4 Å². The Morgan fingerprint density at radius 3 is 3.00 bits per heavy atom. The van der Waals surface area contributed by atoms with Crippen molar-refractivity contribution in [1.82, 2.24) is 4.98 Å². The van der Waals surface area contributed by atoms with Gasteiger partial charge in [0, 0.05) is 18.0 Å². The Kier molecular flexibility index (Phi) is 4.35. The molecular formula is C9H14ClN3S. The van der Waals surface area contributed by atoms with Crippen molar-refractivity contribution in [3.8, 4) is 0 Å². The van der Waals surface area contributed by atoms with E-state index in [9.17, 15) is 0 Å². The summed E-state index contributed by atoms with van der Waals surface area (Å²) in [5.74, 6) is 0.704. The van der Waals surface area contributed by atoms with Gasteiger partial charge in [0.1, 0.15) is 5.82 Å². The summed E-state index contributed by atoms with van der Waals surface area (Å²) in [7, 11) is 0. The molecule has 0 aliphatic rings. The third-order valence-electron chi connectivity index (χ3n) is 1.84. The lowest BCUT2D eigenvalue weighted by atomic mass is 10.4. The highest BCUT2D eigenvalue weighted by atomic mass is 35.5. The lowest BCUT2D eigenvalue weighted by Gasteiger charge is -2.11. The zero-order valence-corrected chi connectivity index (χ0v) is 9.82. The third kappa shape index (κ3) is 3.27. The number of nitrogens with zero attached hydrogens (tertiary/aromatic N) is 1. The topological polar surface area (TPSA) is 50.9 Å². The zero-order chi connectivity index (χ0) is 10.6. The first kappa shape index (κ1) is 11.5. The molecule has 0 aromatic carbocycles. The monoisotopic (exact) mass is 231 g/mol. The maximum Gasteiger partial charge on any atom is 0.149 e. The number of nitrogens with two attached hydrogens (primary N) is 1. The number of aromatic nitrogens is 1. The van der Waals surface area contributed by atoms with Crippen LogP contribution in [0.25, 0.3) is 0 Å². The van der Waals surface area contributed by atoms with Crippen LogP contribution in [0.2, 0.25) is 5.02 Å². The van der Waals surface area contributed by atoms with Gasteiger partial charge in [-0.05, 0) is 12.3 Å². The number of nitrogen functional groups attached to an aromatic ring is 1. The Morgan fingerprint density at radius 1 is 1.71 bits per heavy atom. The fraction of sp³-hybridized carbons (Fsp3) is 0.444. The summed E-state index contributed by atoms with van der Waals surface area (Å²) in [6.07, 6.45) is 3.66. The highest BCUT2D eigenvalue weighted by molar-refractivity contribution is 7.99. The molecular weight excluding hydrogens is 218 g/mol. The molecule has 3 nitrogen and oxygen atoms in total. The van der Waals surface area contributed by atoms with Gasteiger partial charge in [0.05, 0.1) is 10.7 Å². The predicted octanol–water partition coefficient (Wildman–Crippen LogP) is 2.48. The Hall–Kier alpha value is -0.610. The quantitative estimate of drug-likeness (QED) is 0.836. The number of hydrogen-bond donors (Lipinski definition) is 2. The first-order chi connectivity index (χ1) is 6.63. The third-order valence-corrected chi connectivity index (χ3v) is 3.02. The van der Waals surface area contributed by atoms with E-state index in [1.54, 1.807) is 24.0 Å². The molecule has 0 fully saturated rings. The number of hydrogen-bond acceptors (Lipinski definition) is 4. The minimum Gasteiger partial charge on any atom is -0.396 e. The molecule has 0 saturated heterocycles. The number of thioether (sulfide) groups is 1. The average molecular weight is 232 g/mol. The fourth-order valence-electron chi connectivity index (χ4n) is 0.926. The van der Waals surface area contributed by atoms with E-state index in [1.807, 2.05) is 0 Å². The first-order valence-corrected chi connectivity index (χ1v) is 5.97. The molecule has 1 atom stereocenters. The summed E-state index contributed by atoms with van der Waals surface area (Å²) in [6, 6.07) is 1.70. The highest BCUT2D eigenvalue weighted by Gasteiger charge is 2.03. The molecule has 14 heavy (non-hydrogen) atoms. The van der Waals surface area contributed by atoms with Crippen molar-refractivity contribution in [1.29, 1.82) is 0 Å². The Balaban J connectivity index is 2.59. The van der Waals surface area contributed by atoms with Gasteiger partial charge in [0.2, 0.25) is 0 Å². The minimum absolute atomic E-state index is 0.534. The molecule has 1 unspecified atom stereocenters. The van der Waals surface area contributed by atoms with Crippen LogP contribution in [0.3, 0.4) is 0 Å². The molecule has 0 aliphatic carbocycles. The van der Waals surface area contributed by atoms with Gasteiger partial charge in [-0.25, -0.2) is 4.98 Å². The van der Waals surface area contributed by atoms with Crippen molar-refractivity contribution < 1.29 is 0 Å². The molecule has 0 amide bonds. The van der Waals surface area contributed by atoms with E-state index in [0.717, 1.165) is 6.54 Å². The SMILES string of the molecule is CSC(C)CNc1ncc(Cl)cc1N. The molecule has 78 valence electrons. The number of nitrogens with one attached hydrogen (secondary N) is 1. The van der Waals surface area contributed by atoms with Crippen molar-refractivity contribution in [3.05, 3.63) is 17.3 Å². The molecule has 0 radical (unpaired) electrons. The summed E-state index contributed by atoms with van der Waals surface area (Å²) < 4.78 is 0. The Labute approximate surface area is 93.4 Å². The summed E-state index contributed by atoms with van der Waals surface area (Å²) >= 11 is 7.53. The Morgan fingerprint density at radius 2 is 2.43 bits per heavy atom. The molecule has 3 N–H and O–H groups in total. The van der Waals surface area contributed by atoms with Gasteiger partial charge in [0.15, 0.2) is 0 Å². The largest absolute Gasteiger partial charge is 0.396 e. The normalized spacial score (nSPS) is 12.5. The fourth-order valence-corrected chi connectivity index (χ4v) is 1.34. The van der Waals surface area contributed by atoms with Gasteiger partial charge in [-0.2, -0.15) is 11.8 Å². The first-order valence-electron chi connectivity index (χ1n) is 4.31. The molecule has 1 rings (SSSR count). The maximum absolute atomic E-state index is 5.73. The average Bonchev–Trinajstić information content (AvgIpc) is 2.16. The second-order valence-electron chi connectivity index (χ2n) is 3.02. The number of pyridine rings is 1. The molecule has 1 aromatic heterocycles. The van der Waals surface area contributed by atoms with Crippen LogP contribution in [-0.4, -0.2) is 23.0 Å². The highest BCUT2D eigenvalue weighted by Crippen LogP contribution is 2.19. The van der Waals surface area contributed by atoms with E-state index in [-0.39, 0.29) is 0 Å². The molecule has 0 saturated carbocycles. The number of halogens is 1. The number of anilines is 2. The van der Waals surface area contributed by atoms with Crippen molar-refractivity contribution in [2.45, 2.75) is 12.2 Å². The van der Waals surface area contributed by atoms with E-state index in [0.29, 0.717) is 21.8 Å². The second-order valence-corrected chi connectivity index (χ2v) is 4.73. The second kappa shape index (κ2) is 5.32. The molecule has 1 aromatic rings. The summed E-state index contributed by atoms with van der Waals surface area (Å²) in [4.78, 5) is 4.11. The molecule has 5 heteroatoms. The van der Waals surface area contributed by atoms with Crippen LogP contribution in [0, 0.1) is 0 Å². The molecule has 1 heterocycles. The minimum atomic E-state index is 0.534. The van der Waals surface area contributed by atoms with Crippen LogP contribution in [0.1, 0.15) is 6.92 Å². The van der Waals surface area contributed by atoms with Crippen LogP contribution in [0.15, 0.2) is 12.3 Å². The van der Waals surface area contributed by atoms with Gasteiger partial charge >= 0.3 is 0 Å². The van der Waals surface area contributed by atoms with Crippen molar-refractivity contribution in [3.63, 3.8) is 0 Å². The predicted molar refractivity (Wildman–Crippen MR) is 65.1 cm³/mol. The van der Waals surface area contributed by atoms with Crippen LogP contribution in [0.4, 0.5) is 11.5 Å². The lowest BCUT2D eigenvalue weighted by Crippen LogP contribution is -2.14. The van der Waals surface area contributed by atoms with Crippen LogP contribution in [0.5, 0.6) is 0 Å². The van der Waals surface area contributed by atoms with E-state index >= 15 is 0 Å². The lowest BCUT2D eigenvalue weighted by molar-refractivity contribution is 0.993. The van der Waals surface area contributed by atoms with Crippen molar-refractivity contribution in [2.24, 2.45) is 0 Å². The van der Waals surface area contributed by atoms with Gasteiger partial charge in [-0.15, -0.1) is 0 Å². The van der Waals surface area contributed by atoms with Crippen molar-refractivity contribution >= 4 is 34.9 Å². The molecule has 0 bridgehead atoms. The zero-order valence-electron chi connectivity index (χ0n) is 8.25. The Bertz CT molecular complexity index is 306. The van der Waals surface area contributed by atoms with E-state index in [4.69, 9.17) is 17.3 Å². The van der Waals surface area contributed by atoms with E-state index in [1.165, 1.54) is 0 Å². The summed E-state index contributed by atoms with van der Waals surface area (Å²) in [5.41, 5.74) is 6.32. The van der Waals surface area contributed by atoms with Gasteiger partial charge in [-0.1, -0.05) is 18.5 Å². The standard InChI is InChI=1S/C9H14ClN3S/c1-6(14-2)4-12-9-8(11)3-7(10)5-13-9/h3,5-6H,4,11H2,1-2H3,(H,12,13). The molecule has 0 aliphatic heterocycles. The molecule has 0 spiro atoms. The van der Waals surface area contributed by atoms with E-state index in [2.05, 4.69) is 23.5 Å². The van der Waals surface area contributed by atoms with Crippen LogP contribution in [-0.2, 0) is 0 Å². The van der Waals surface area contributed by atoms with Crippen LogP contribution < -0.4 is 11.1 Å². The maximum atomic E-state index is 5.73. The van der Waals surface area contributed by atoms with Gasteiger partial charge in [0.25, 0.3) is 0 Å². The number of rotatable bonds is 4. The van der Waals surface area contributed by atoms with Crippen molar-refractivity contribution in [2.75, 3.05) is 23.9 Å². The summed E-state index contributed by atoms with van der Waals surface area (Å²) in [6.45, 7) is 2.99. The van der Waals surface area contributed by atoms with Gasteiger partial charge < -0.3 is 11.1 Å². The summed E-state index contributed by atoms with van der Waals surface area (Å²) in [5, 5.41) is 4.27. The smallest absolute Gasteiger partial charge is 0.149 e.